The minimum atomic E-state index is -5.10. The van der Waals surface area contributed by atoms with Crippen molar-refractivity contribution < 1.29 is 54.6 Å². The first-order chi connectivity index (χ1) is 20.7. The fourth-order valence-corrected chi connectivity index (χ4v) is 4.57. The van der Waals surface area contributed by atoms with E-state index in [4.69, 9.17) is 4.74 Å². The molecule has 0 radical (unpaired) electrons. The van der Waals surface area contributed by atoms with Crippen molar-refractivity contribution in [2.75, 3.05) is 38.6 Å². The fourth-order valence-electron chi connectivity index (χ4n) is 4.57. The van der Waals surface area contributed by atoms with E-state index in [0.29, 0.717) is 29.7 Å². The van der Waals surface area contributed by atoms with Crippen LogP contribution in [0.1, 0.15) is 15.9 Å². The topological polar surface area (TPSA) is 88.2 Å². The summed E-state index contributed by atoms with van der Waals surface area (Å²) in [6.07, 6.45) is -9.19. The number of amides is 2. The lowest BCUT2D eigenvalue weighted by atomic mass is 9.98. The molecule has 4 rings (SSSR count). The number of carbonyl (C=O) groups is 3. The molecule has 8 nitrogen and oxygen atoms in total. The molecule has 1 heterocycles. The van der Waals surface area contributed by atoms with Crippen molar-refractivity contribution in [3.05, 3.63) is 77.6 Å². The van der Waals surface area contributed by atoms with Gasteiger partial charge in [0.05, 0.1) is 11.1 Å². The van der Waals surface area contributed by atoms with Gasteiger partial charge in [-0.1, -0.05) is 18.2 Å². The largest absolute Gasteiger partial charge is 0.573 e. The van der Waals surface area contributed by atoms with E-state index in [2.05, 4.69) is 10.1 Å². The minimum Gasteiger partial charge on any atom is -0.484 e. The summed E-state index contributed by atoms with van der Waals surface area (Å²) in [5.74, 6) is -3.92. The van der Waals surface area contributed by atoms with E-state index in [9.17, 15) is 45.1 Å². The van der Waals surface area contributed by atoms with Gasteiger partial charge in [0, 0.05) is 38.4 Å². The molecular formula is C29H24F7N3O5. The molecule has 2 amide bonds. The molecule has 0 spiro atoms. The van der Waals surface area contributed by atoms with E-state index < -0.39 is 54.1 Å². The summed E-state index contributed by atoms with van der Waals surface area (Å²) in [7, 11) is 1.55. The van der Waals surface area contributed by atoms with Gasteiger partial charge in [-0.15, -0.1) is 13.2 Å². The van der Waals surface area contributed by atoms with Crippen LogP contribution in [0.3, 0.4) is 0 Å². The number of piperazine rings is 1. The molecule has 15 heteroatoms. The Morgan fingerprint density at radius 1 is 0.977 bits per heavy atom. The number of anilines is 1. The third-order valence-electron chi connectivity index (χ3n) is 6.72. The Balaban J connectivity index is 1.45. The lowest BCUT2D eigenvalue weighted by Crippen LogP contribution is -2.58. The van der Waals surface area contributed by atoms with Crippen LogP contribution in [0, 0.1) is 5.82 Å². The van der Waals surface area contributed by atoms with E-state index in [1.54, 1.807) is 13.1 Å². The van der Waals surface area contributed by atoms with Crippen LogP contribution < -0.4 is 14.8 Å². The molecule has 1 saturated heterocycles. The quantitative estimate of drug-likeness (QED) is 0.267. The highest BCUT2D eigenvalue weighted by atomic mass is 19.4. The molecule has 0 aromatic heterocycles. The number of alkyl halides is 6. The van der Waals surface area contributed by atoms with Gasteiger partial charge in [-0.3, -0.25) is 9.59 Å². The van der Waals surface area contributed by atoms with Gasteiger partial charge in [0.25, 0.3) is 11.8 Å². The van der Waals surface area contributed by atoms with Gasteiger partial charge < -0.3 is 29.4 Å². The van der Waals surface area contributed by atoms with Gasteiger partial charge in [0.15, 0.2) is 18.2 Å². The average molecular weight is 628 g/mol. The summed E-state index contributed by atoms with van der Waals surface area (Å²) in [5, 5.41) is 2.85. The standard InChI is InChI=1S/C29H24F7N3O5/c1-37-24-7-5-18(17-3-2-4-19(11-17)28(31,32)33)12-22(24)27(42)39-10-9-38(14-20(39)15-40)26(41)16-43-21-6-8-25(23(30)13-21)44-29(34,35)36/h2-8,11-13,15,20,37H,9-10,14,16H2,1H3. The Hall–Kier alpha value is -4.82. The Morgan fingerprint density at radius 2 is 1.70 bits per heavy atom. The second-order valence-corrected chi connectivity index (χ2v) is 9.56. The summed E-state index contributed by atoms with van der Waals surface area (Å²) < 4.78 is 99.4. The predicted molar refractivity (Wildman–Crippen MR) is 142 cm³/mol. The monoisotopic (exact) mass is 627 g/mol. The number of benzene rings is 3. The highest BCUT2D eigenvalue weighted by molar-refractivity contribution is 6.02. The SMILES string of the molecule is CNc1ccc(-c2cccc(C(F)(F)F)c2)cc1C(=O)N1CCN(C(=O)COc2ccc(OC(F)(F)F)c(F)c2)CC1C=O. The smallest absolute Gasteiger partial charge is 0.484 e. The number of hydrogen-bond donors (Lipinski definition) is 1. The second-order valence-electron chi connectivity index (χ2n) is 9.56. The van der Waals surface area contributed by atoms with Gasteiger partial charge in [-0.2, -0.15) is 13.2 Å². The predicted octanol–water partition coefficient (Wildman–Crippen LogP) is 5.38. The maximum atomic E-state index is 13.9. The van der Waals surface area contributed by atoms with E-state index in [0.717, 1.165) is 18.2 Å². The van der Waals surface area contributed by atoms with Crippen LogP contribution in [-0.4, -0.2) is 73.6 Å². The first-order valence-electron chi connectivity index (χ1n) is 12.9. The number of halogens is 7. The number of aldehydes is 1. The molecule has 0 aliphatic carbocycles. The third kappa shape index (κ3) is 7.57. The molecule has 1 atom stereocenters. The van der Waals surface area contributed by atoms with E-state index >= 15 is 0 Å². The fraction of sp³-hybridized carbons (Fsp3) is 0.276. The molecule has 3 aromatic rings. The number of rotatable bonds is 8. The Kier molecular flexibility index (Phi) is 9.35. The van der Waals surface area contributed by atoms with E-state index in [-0.39, 0.29) is 36.5 Å². The molecule has 0 saturated carbocycles. The lowest BCUT2D eigenvalue weighted by molar-refractivity contribution is -0.275. The van der Waals surface area contributed by atoms with Crippen LogP contribution >= 0.6 is 0 Å². The maximum absolute atomic E-state index is 13.9. The summed E-state index contributed by atoms with van der Waals surface area (Å²) in [5.41, 5.74) is 0.158. The van der Waals surface area contributed by atoms with Crippen LogP contribution in [0.15, 0.2) is 60.7 Å². The number of hydrogen-bond acceptors (Lipinski definition) is 6. The van der Waals surface area contributed by atoms with Crippen LogP contribution in [0.4, 0.5) is 36.4 Å². The Morgan fingerprint density at radius 3 is 2.34 bits per heavy atom. The Labute approximate surface area is 245 Å². The first kappa shape index (κ1) is 32.1. The van der Waals surface area contributed by atoms with Crippen molar-refractivity contribution in [3.63, 3.8) is 0 Å². The van der Waals surface area contributed by atoms with Crippen molar-refractivity contribution in [1.82, 2.24) is 9.80 Å². The number of nitrogens with zero attached hydrogens (tertiary/aromatic N) is 2. The summed E-state index contributed by atoms with van der Waals surface area (Å²) >= 11 is 0. The van der Waals surface area contributed by atoms with Crippen LogP contribution in [0.2, 0.25) is 0 Å². The molecular weight excluding hydrogens is 603 g/mol. The van der Waals surface area contributed by atoms with Crippen molar-refractivity contribution >= 4 is 23.8 Å². The molecule has 0 bridgehead atoms. The van der Waals surface area contributed by atoms with Gasteiger partial charge in [-0.25, -0.2) is 4.39 Å². The molecule has 3 aromatic carbocycles. The lowest BCUT2D eigenvalue weighted by Gasteiger charge is -2.39. The number of nitrogens with one attached hydrogen (secondary N) is 1. The summed E-state index contributed by atoms with van der Waals surface area (Å²) in [6.45, 7) is -0.954. The second kappa shape index (κ2) is 12.8. The number of carbonyl (C=O) groups excluding carboxylic acids is 3. The highest BCUT2D eigenvalue weighted by Crippen LogP contribution is 2.34. The third-order valence-corrected chi connectivity index (χ3v) is 6.72. The Bertz CT molecular complexity index is 1540. The molecule has 44 heavy (non-hydrogen) atoms. The zero-order chi connectivity index (χ0) is 32.2. The molecule has 1 unspecified atom stereocenters. The van der Waals surface area contributed by atoms with Crippen molar-refractivity contribution in [1.29, 1.82) is 0 Å². The molecule has 1 N–H and O–H groups in total. The maximum Gasteiger partial charge on any atom is 0.573 e. The highest BCUT2D eigenvalue weighted by Gasteiger charge is 2.35. The van der Waals surface area contributed by atoms with Gasteiger partial charge in [0.1, 0.15) is 18.1 Å². The zero-order valence-electron chi connectivity index (χ0n) is 22.8. The van der Waals surface area contributed by atoms with E-state index in [1.165, 1.54) is 34.1 Å². The van der Waals surface area contributed by atoms with Gasteiger partial charge in [-0.05, 0) is 47.5 Å². The number of ether oxygens (including phenoxy) is 2. The molecule has 234 valence electrons. The van der Waals surface area contributed by atoms with Crippen molar-refractivity contribution in [3.8, 4) is 22.6 Å². The van der Waals surface area contributed by atoms with Gasteiger partial charge >= 0.3 is 12.5 Å². The molecule has 1 fully saturated rings. The van der Waals surface area contributed by atoms with Gasteiger partial charge in [0.2, 0.25) is 0 Å². The van der Waals surface area contributed by atoms with E-state index in [1.807, 2.05) is 0 Å². The molecule has 1 aliphatic heterocycles. The minimum absolute atomic E-state index is 0.0206. The van der Waals surface area contributed by atoms with Crippen LogP contribution in [0.25, 0.3) is 11.1 Å². The van der Waals surface area contributed by atoms with Crippen LogP contribution in [-0.2, 0) is 15.8 Å². The zero-order valence-corrected chi connectivity index (χ0v) is 22.8. The summed E-state index contributed by atoms with van der Waals surface area (Å²) in [6, 6.07) is 10.3. The summed E-state index contributed by atoms with van der Waals surface area (Å²) in [4.78, 5) is 40.8. The normalized spacial score (nSPS) is 15.5. The molecule has 1 aliphatic rings. The van der Waals surface area contributed by atoms with Crippen molar-refractivity contribution in [2.24, 2.45) is 0 Å². The van der Waals surface area contributed by atoms with Crippen molar-refractivity contribution in [2.45, 2.75) is 18.6 Å². The first-order valence-corrected chi connectivity index (χ1v) is 12.9. The van der Waals surface area contributed by atoms with Crippen LogP contribution in [0.5, 0.6) is 11.5 Å². The average Bonchev–Trinajstić information content (AvgIpc) is 2.99.